The van der Waals surface area contributed by atoms with Crippen molar-refractivity contribution in [3.8, 4) is 0 Å². The molecule has 1 atom stereocenters. The molecule has 1 fully saturated rings. The van der Waals surface area contributed by atoms with Crippen LogP contribution in [0.5, 0.6) is 0 Å². The maximum Gasteiger partial charge on any atom is 0.274 e. The molecule has 136 valence electrons. The molecule has 1 saturated heterocycles. The van der Waals surface area contributed by atoms with Crippen molar-refractivity contribution in [1.82, 2.24) is 19.9 Å². The fourth-order valence-corrected chi connectivity index (χ4v) is 4.72. The van der Waals surface area contributed by atoms with Gasteiger partial charge in [-0.25, -0.2) is 0 Å². The third-order valence-electron chi connectivity index (χ3n) is 4.41. The molecule has 0 saturated carbocycles. The first-order valence-corrected chi connectivity index (χ1v) is 10.3. The molecule has 3 aromatic rings. The molecule has 1 amide bonds. The van der Waals surface area contributed by atoms with Crippen LogP contribution in [0.1, 0.15) is 35.1 Å². The number of hydrogen-bond donors (Lipinski definition) is 1. The summed E-state index contributed by atoms with van der Waals surface area (Å²) in [7, 11) is 0. The van der Waals surface area contributed by atoms with Crippen LogP contribution in [0, 0.1) is 5.92 Å². The number of anilines is 1. The van der Waals surface area contributed by atoms with Crippen LogP contribution in [0.4, 0.5) is 5.13 Å². The second-order valence-corrected chi connectivity index (χ2v) is 8.48. The fraction of sp³-hybridized carbons (Fsp3) is 0.412. The van der Waals surface area contributed by atoms with Crippen molar-refractivity contribution in [3.63, 3.8) is 0 Å². The number of hydrogen-bond acceptors (Lipinski definition) is 7. The standard InChI is InChI=1S/C17H19N5O2S2/c1-11-4-2-6-21(10-11)17-20-22-13(8-14(23)19-16(22)26-17)15(24)18-9-12-5-3-7-25-12/h3,5,7-8,11H,2,4,6,9-10H2,1H3,(H,18,24). The van der Waals surface area contributed by atoms with Crippen molar-refractivity contribution in [3.05, 3.63) is 44.5 Å². The van der Waals surface area contributed by atoms with Crippen molar-refractivity contribution in [1.29, 1.82) is 0 Å². The molecule has 4 heterocycles. The number of nitrogens with one attached hydrogen (secondary N) is 1. The maximum atomic E-state index is 12.6. The van der Waals surface area contributed by atoms with Gasteiger partial charge in [0, 0.05) is 24.0 Å². The van der Waals surface area contributed by atoms with Crippen LogP contribution in [0.15, 0.2) is 28.4 Å². The first-order valence-electron chi connectivity index (χ1n) is 8.56. The van der Waals surface area contributed by atoms with Gasteiger partial charge in [-0.05, 0) is 30.2 Å². The van der Waals surface area contributed by atoms with Crippen molar-refractivity contribution in [2.45, 2.75) is 26.3 Å². The summed E-state index contributed by atoms with van der Waals surface area (Å²) in [6, 6.07) is 5.14. The minimum absolute atomic E-state index is 0.226. The quantitative estimate of drug-likeness (QED) is 0.741. The van der Waals surface area contributed by atoms with E-state index >= 15 is 0 Å². The number of nitrogens with zero attached hydrogens (tertiary/aromatic N) is 4. The molecule has 26 heavy (non-hydrogen) atoms. The minimum Gasteiger partial charge on any atom is -0.346 e. The van der Waals surface area contributed by atoms with E-state index < -0.39 is 5.56 Å². The second-order valence-electron chi connectivity index (χ2n) is 6.51. The molecule has 7 nitrogen and oxygen atoms in total. The van der Waals surface area contributed by atoms with E-state index in [-0.39, 0.29) is 11.6 Å². The Labute approximate surface area is 158 Å². The highest BCUT2D eigenvalue weighted by Crippen LogP contribution is 2.27. The predicted octanol–water partition coefficient (Wildman–Crippen LogP) is 2.38. The van der Waals surface area contributed by atoms with E-state index in [1.807, 2.05) is 17.5 Å². The summed E-state index contributed by atoms with van der Waals surface area (Å²) < 4.78 is 1.49. The molecule has 0 aliphatic carbocycles. The van der Waals surface area contributed by atoms with Gasteiger partial charge in [-0.2, -0.15) is 9.50 Å². The van der Waals surface area contributed by atoms with Crippen molar-refractivity contribution >= 4 is 38.7 Å². The van der Waals surface area contributed by atoms with Crippen LogP contribution in [0.3, 0.4) is 0 Å². The number of fused-ring (bicyclic) bond motifs is 1. The summed E-state index contributed by atoms with van der Waals surface area (Å²) >= 11 is 2.93. The van der Waals surface area contributed by atoms with Gasteiger partial charge in [0.25, 0.3) is 11.5 Å². The van der Waals surface area contributed by atoms with E-state index in [0.29, 0.717) is 17.4 Å². The van der Waals surface area contributed by atoms with Gasteiger partial charge in [0.2, 0.25) is 10.1 Å². The van der Waals surface area contributed by atoms with Crippen molar-refractivity contribution in [2.75, 3.05) is 18.0 Å². The minimum atomic E-state index is -0.423. The molecule has 1 aliphatic rings. The topological polar surface area (TPSA) is 79.6 Å². The Kier molecular flexibility index (Phi) is 4.73. The van der Waals surface area contributed by atoms with Gasteiger partial charge < -0.3 is 10.2 Å². The van der Waals surface area contributed by atoms with Crippen molar-refractivity contribution in [2.24, 2.45) is 5.92 Å². The first-order chi connectivity index (χ1) is 12.6. The highest BCUT2D eigenvalue weighted by Gasteiger charge is 2.22. The average Bonchev–Trinajstić information content (AvgIpc) is 3.28. The Morgan fingerprint density at radius 1 is 1.46 bits per heavy atom. The molecule has 0 spiro atoms. The molecule has 0 bridgehead atoms. The normalized spacial score (nSPS) is 17.6. The number of amides is 1. The lowest BCUT2D eigenvalue weighted by molar-refractivity contribution is 0.0943. The predicted molar refractivity (Wildman–Crippen MR) is 103 cm³/mol. The van der Waals surface area contributed by atoms with Gasteiger partial charge in [0.15, 0.2) is 0 Å². The maximum absolute atomic E-state index is 12.6. The lowest BCUT2D eigenvalue weighted by atomic mass is 10.0. The third kappa shape index (κ3) is 3.49. The Bertz CT molecular complexity index is 979. The lowest BCUT2D eigenvalue weighted by Crippen LogP contribution is -2.34. The zero-order chi connectivity index (χ0) is 18.1. The molecule has 1 unspecified atom stereocenters. The van der Waals surface area contributed by atoms with Crippen LogP contribution in [0.2, 0.25) is 0 Å². The second kappa shape index (κ2) is 7.16. The zero-order valence-electron chi connectivity index (χ0n) is 14.3. The third-order valence-corrected chi connectivity index (χ3v) is 6.25. The Balaban J connectivity index is 1.63. The zero-order valence-corrected chi connectivity index (χ0v) is 16.0. The first kappa shape index (κ1) is 17.2. The molecule has 1 aliphatic heterocycles. The van der Waals surface area contributed by atoms with Crippen LogP contribution in [-0.4, -0.2) is 33.6 Å². The Hall–Kier alpha value is -2.26. The highest BCUT2D eigenvalue weighted by molar-refractivity contribution is 7.20. The van der Waals surface area contributed by atoms with E-state index in [2.05, 4.69) is 27.2 Å². The van der Waals surface area contributed by atoms with Gasteiger partial charge >= 0.3 is 0 Å². The van der Waals surface area contributed by atoms with E-state index in [0.717, 1.165) is 29.5 Å². The van der Waals surface area contributed by atoms with E-state index in [1.54, 1.807) is 11.3 Å². The molecule has 9 heteroatoms. The smallest absolute Gasteiger partial charge is 0.274 e. The molecule has 4 rings (SSSR count). The van der Waals surface area contributed by atoms with Crippen molar-refractivity contribution < 1.29 is 4.79 Å². The fourth-order valence-electron chi connectivity index (χ4n) is 3.13. The molecular formula is C17H19N5O2S2. The molecule has 0 aromatic carbocycles. The van der Waals surface area contributed by atoms with E-state index in [9.17, 15) is 9.59 Å². The number of thiophene rings is 1. The summed E-state index contributed by atoms with van der Waals surface area (Å²) in [5.74, 6) is 0.286. The SMILES string of the molecule is CC1CCCN(c2nn3c(C(=O)NCc4cccs4)cc(=O)nc3s2)C1. The summed E-state index contributed by atoms with van der Waals surface area (Å²) in [4.78, 5) is 32.3. The summed E-state index contributed by atoms with van der Waals surface area (Å²) in [6.45, 7) is 4.53. The highest BCUT2D eigenvalue weighted by atomic mass is 32.1. The van der Waals surface area contributed by atoms with E-state index in [4.69, 9.17) is 0 Å². The van der Waals surface area contributed by atoms with Crippen LogP contribution in [-0.2, 0) is 6.54 Å². The Morgan fingerprint density at radius 2 is 2.35 bits per heavy atom. The molecule has 1 N–H and O–H groups in total. The summed E-state index contributed by atoms with van der Waals surface area (Å²) in [5, 5.41) is 10.2. The van der Waals surface area contributed by atoms with Gasteiger partial charge in [0.05, 0.1) is 6.54 Å². The summed E-state index contributed by atoms with van der Waals surface area (Å²) in [6.07, 6.45) is 2.34. The van der Waals surface area contributed by atoms with Crippen LogP contribution in [0.25, 0.3) is 4.96 Å². The molecule has 3 aromatic heterocycles. The summed E-state index contributed by atoms with van der Waals surface area (Å²) in [5.41, 5.74) is -0.197. The van der Waals surface area contributed by atoms with Gasteiger partial charge in [-0.1, -0.05) is 24.3 Å². The largest absolute Gasteiger partial charge is 0.346 e. The average molecular weight is 390 g/mol. The number of aromatic nitrogens is 3. The van der Waals surface area contributed by atoms with Gasteiger partial charge in [0.1, 0.15) is 5.69 Å². The number of carbonyl (C=O) groups excluding carboxylic acids is 1. The molecule has 0 radical (unpaired) electrons. The van der Waals surface area contributed by atoms with Crippen LogP contribution >= 0.6 is 22.7 Å². The Morgan fingerprint density at radius 3 is 3.12 bits per heavy atom. The number of piperidine rings is 1. The van der Waals surface area contributed by atoms with Gasteiger partial charge in [-0.15, -0.1) is 16.4 Å². The lowest BCUT2D eigenvalue weighted by Gasteiger charge is -2.30. The van der Waals surface area contributed by atoms with Crippen LogP contribution < -0.4 is 15.8 Å². The number of rotatable bonds is 4. The molecular weight excluding hydrogens is 370 g/mol. The monoisotopic (exact) mass is 389 g/mol. The van der Waals surface area contributed by atoms with E-state index in [1.165, 1.54) is 28.3 Å². The number of carbonyl (C=O) groups is 1. The van der Waals surface area contributed by atoms with Gasteiger partial charge in [-0.3, -0.25) is 9.59 Å².